The Morgan fingerprint density at radius 1 is 1.47 bits per heavy atom. The zero-order chi connectivity index (χ0) is 13.7. The third-order valence-electron chi connectivity index (χ3n) is 3.45. The van der Waals surface area contributed by atoms with Gasteiger partial charge in [0, 0.05) is 12.1 Å². The summed E-state index contributed by atoms with van der Waals surface area (Å²) in [5.41, 5.74) is 0.586. The monoisotopic (exact) mass is 266 g/mol. The Morgan fingerprint density at radius 3 is 2.95 bits per heavy atom. The van der Waals surface area contributed by atoms with Crippen molar-refractivity contribution in [2.75, 3.05) is 7.11 Å². The summed E-state index contributed by atoms with van der Waals surface area (Å²) >= 11 is 0. The molecule has 1 aromatic rings. The van der Waals surface area contributed by atoms with E-state index >= 15 is 0 Å². The smallest absolute Gasteiger partial charge is 0.310 e. The van der Waals surface area contributed by atoms with E-state index in [9.17, 15) is 9.59 Å². The number of methoxy groups -OCH3 is 1. The highest BCUT2D eigenvalue weighted by Gasteiger charge is 2.32. The highest BCUT2D eigenvalue weighted by molar-refractivity contribution is 5.80. The zero-order valence-corrected chi connectivity index (χ0v) is 10.9. The molecule has 1 aliphatic carbocycles. The largest absolute Gasteiger partial charge is 0.469 e. The Morgan fingerprint density at radius 2 is 2.26 bits per heavy atom. The highest BCUT2D eigenvalue weighted by Crippen LogP contribution is 2.25. The Kier molecular flexibility index (Phi) is 4.54. The molecule has 6 nitrogen and oxygen atoms in total. The Labute approximate surface area is 111 Å². The van der Waals surface area contributed by atoms with Crippen LogP contribution in [-0.4, -0.2) is 30.2 Å². The summed E-state index contributed by atoms with van der Waals surface area (Å²) in [6.07, 6.45) is 5.19. The molecule has 2 atom stereocenters. The van der Waals surface area contributed by atoms with Crippen LogP contribution in [0.5, 0.6) is 0 Å². The van der Waals surface area contributed by atoms with Crippen molar-refractivity contribution in [3.63, 3.8) is 0 Å². The van der Waals surface area contributed by atoms with Crippen molar-refractivity contribution < 1.29 is 18.8 Å². The molecule has 0 aliphatic heterocycles. The average Bonchev–Trinajstić information content (AvgIpc) is 2.91. The Hall–Kier alpha value is -1.85. The Bertz CT molecular complexity index is 430. The fraction of sp³-hybridized carbons (Fsp3) is 0.615. The second-order valence-corrected chi connectivity index (χ2v) is 4.76. The van der Waals surface area contributed by atoms with E-state index in [1.807, 2.05) is 0 Å². The zero-order valence-electron chi connectivity index (χ0n) is 10.9. The lowest BCUT2D eigenvalue weighted by molar-refractivity contribution is -0.147. The maximum absolute atomic E-state index is 11.9. The maximum Gasteiger partial charge on any atom is 0.310 e. The first-order chi connectivity index (χ1) is 9.20. The van der Waals surface area contributed by atoms with Gasteiger partial charge in [-0.15, -0.1) is 0 Å². The minimum Gasteiger partial charge on any atom is -0.469 e. The third kappa shape index (κ3) is 3.56. The number of nitrogens with one attached hydrogen (secondary N) is 1. The number of hydrogen-bond acceptors (Lipinski definition) is 5. The van der Waals surface area contributed by atoms with Gasteiger partial charge in [0.25, 0.3) is 0 Å². The number of ether oxygens (including phenoxy) is 1. The minimum absolute atomic E-state index is 0.138. The molecule has 0 radical (unpaired) electrons. The van der Waals surface area contributed by atoms with Crippen LogP contribution in [0.4, 0.5) is 0 Å². The molecule has 1 amide bonds. The summed E-state index contributed by atoms with van der Waals surface area (Å²) in [6.45, 7) is 0. The molecule has 1 aliphatic rings. The third-order valence-corrected chi connectivity index (χ3v) is 3.45. The lowest BCUT2D eigenvalue weighted by Gasteiger charge is -2.30. The average molecular weight is 266 g/mol. The second-order valence-electron chi connectivity index (χ2n) is 4.76. The molecule has 0 aromatic carbocycles. The van der Waals surface area contributed by atoms with Gasteiger partial charge in [-0.1, -0.05) is 18.0 Å². The summed E-state index contributed by atoms with van der Waals surface area (Å²) in [7, 11) is 1.38. The van der Waals surface area contributed by atoms with Crippen LogP contribution in [0.15, 0.2) is 16.9 Å². The minimum atomic E-state index is -0.244. The van der Waals surface area contributed by atoms with Crippen LogP contribution in [0.3, 0.4) is 0 Å². The number of nitrogens with zero attached hydrogens (tertiary/aromatic N) is 1. The first-order valence-electron chi connectivity index (χ1n) is 6.47. The van der Waals surface area contributed by atoms with E-state index in [4.69, 9.17) is 4.74 Å². The van der Waals surface area contributed by atoms with Crippen molar-refractivity contribution in [3.8, 4) is 0 Å². The van der Waals surface area contributed by atoms with Crippen LogP contribution in [0.25, 0.3) is 0 Å². The molecule has 1 heterocycles. The second kappa shape index (κ2) is 6.36. The fourth-order valence-electron chi connectivity index (χ4n) is 2.49. The number of hydrogen-bond donors (Lipinski definition) is 1. The van der Waals surface area contributed by atoms with Crippen molar-refractivity contribution >= 4 is 11.9 Å². The first-order valence-corrected chi connectivity index (χ1v) is 6.47. The van der Waals surface area contributed by atoms with Gasteiger partial charge in [-0.3, -0.25) is 9.59 Å². The van der Waals surface area contributed by atoms with Gasteiger partial charge in [0.15, 0.2) is 0 Å². The number of carbonyl (C=O) groups excluding carboxylic acids is 2. The van der Waals surface area contributed by atoms with Gasteiger partial charge in [-0.2, -0.15) is 0 Å². The van der Waals surface area contributed by atoms with Crippen molar-refractivity contribution in [1.82, 2.24) is 10.5 Å². The van der Waals surface area contributed by atoms with Gasteiger partial charge in [0.1, 0.15) is 6.26 Å². The van der Waals surface area contributed by atoms with Gasteiger partial charge in [0.05, 0.1) is 25.1 Å². The molecule has 1 fully saturated rings. The van der Waals surface area contributed by atoms with Crippen molar-refractivity contribution in [1.29, 1.82) is 0 Å². The molecule has 1 N–H and O–H groups in total. The summed E-state index contributed by atoms with van der Waals surface area (Å²) < 4.78 is 9.47. The fourth-order valence-corrected chi connectivity index (χ4v) is 2.49. The molecule has 104 valence electrons. The SMILES string of the molecule is COC(=O)[C@H]1CCCC[C@H]1NC(=O)Cc1ccon1. The van der Waals surface area contributed by atoms with E-state index in [0.717, 1.165) is 25.7 Å². The molecule has 2 rings (SSSR count). The molecule has 6 heteroatoms. The first kappa shape index (κ1) is 13.6. The summed E-state index contributed by atoms with van der Waals surface area (Å²) in [6, 6.07) is 1.51. The highest BCUT2D eigenvalue weighted by atomic mass is 16.5. The van der Waals surface area contributed by atoms with Gasteiger partial charge in [-0.25, -0.2) is 0 Å². The predicted octanol–water partition coefficient (Wildman–Crippen LogP) is 1.07. The lowest BCUT2D eigenvalue weighted by atomic mass is 9.84. The number of rotatable bonds is 4. The van der Waals surface area contributed by atoms with E-state index in [1.54, 1.807) is 6.07 Å². The number of esters is 1. The lowest BCUT2D eigenvalue weighted by Crippen LogP contribution is -2.46. The quantitative estimate of drug-likeness (QED) is 0.824. The molecule has 0 unspecified atom stereocenters. The van der Waals surface area contributed by atoms with Crippen LogP contribution in [-0.2, 0) is 20.7 Å². The summed E-state index contributed by atoms with van der Waals surface area (Å²) in [4.78, 5) is 23.6. The molecule has 1 aromatic heterocycles. The molecular weight excluding hydrogens is 248 g/mol. The van der Waals surface area contributed by atoms with E-state index in [-0.39, 0.29) is 30.3 Å². The molecule has 0 saturated heterocycles. The van der Waals surface area contributed by atoms with Gasteiger partial charge in [0.2, 0.25) is 5.91 Å². The van der Waals surface area contributed by atoms with E-state index in [0.29, 0.717) is 5.69 Å². The van der Waals surface area contributed by atoms with Crippen molar-refractivity contribution in [2.24, 2.45) is 5.92 Å². The predicted molar refractivity (Wildman–Crippen MR) is 66.1 cm³/mol. The topological polar surface area (TPSA) is 81.4 Å². The van der Waals surface area contributed by atoms with Crippen LogP contribution in [0, 0.1) is 5.92 Å². The van der Waals surface area contributed by atoms with Crippen LogP contribution >= 0.6 is 0 Å². The summed E-state index contributed by atoms with van der Waals surface area (Å²) in [5.74, 6) is -0.624. The molecule has 1 saturated carbocycles. The van der Waals surface area contributed by atoms with E-state index in [2.05, 4.69) is 15.0 Å². The van der Waals surface area contributed by atoms with Crippen LogP contribution in [0.1, 0.15) is 31.4 Å². The normalized spacial score (nSPS) is 22.8. The van der Waals surface area contributed by atoms with Gasteiger partial charge in [-0.05, 0) is 12.8 Å². The van der Waals surface area contributed by atoms with Gasteiger partial charge >= 0.3 is 5.97 Å². The molecule has 19 heavy (non-hydrogen) atoms. The van der Waals surface area contributed by atoms with Gasteiger partial charge < -0.3 is 14.6 Å². The maximum atomic E-state index is 11.9. The van der Waals surface area contributed by atoms with Crippen LogP contribution < -0.4 is 5.32 Å². The molecule has 0 bridgehead atoms. The van der Waals surface area contributed by atoms with E-state index < -0.39 is 0 Å². The molecular formula is C13H18N2O4. The molecule has 0 spiro atoms. The number of aromatic nitrogens is 1. The number of carbonyl (C=O) groups is 2. The summed E-state index contributed by atoms with van der Waals surface area (Å²) in [5, 5.41) is 6.59. The number of amides is 1. The Balaban J connectivity index is 1.91. The van der Waals surface area contributed by atoms with E-state index in [1.165, 1.54) is 13.4 Å². The van der Waals surface area contributed by atoms with Crippen LogP contribution in [0.2, 0.25) is 0 Å². The van der Waals surface area contributed by atoms with Crippen molar-refractivity contribution in [3.05, 3.63) is 18.0 Å². The van der Waals surface area contributed by atoms with Crippen molar-refractivity contribution in [2.45, 2.75) is 38.1 Å². The standard InChI is InChI=1S/C13H18N2O4/c1-18-13(17)10-4-2-3-5-11(10)14-12(16)8-9-6-7-19-15-9/h6-7,10-11H,2-5,8H2,1H3,(H,14,16)/t10-,11+/m0/s1.